The van der Waals surface area contributed by atoms with Crippen molar-refractivity contribution in [1.29, 1.82) is 0 Å². The molecule has 10 heteroatoms. The molecular weight excluding hydrogens is 484 g/mol. The molecular formula is C28H32N6O4. The van der Waals surface area contributed by atoms with Gasteiger partial charge in [0.25, 0.3) is 0 Å². The summed E-state index contributed by atoms with van der Waals surface area (Å²) in [6.07, 6.45) is 9.64. The maximum absolute atomic E-state index is 10.1. The van der Waals surface area contributed by atoms with Gasteiger partial charge >= 0.3 is 0 Å². The Balaban J connectivity index is 0.00000107. The lowest BCUT2D eigenvalue weighted by Gasteiger charge is -2.17. The number of carbonyl (C=O) groups excluding carboxylic acids is 1. The van der Waals surface area contributed by atoms with Gasteiger partial charge in [-0.05, 0) is 64.8 Å². The van der Waals surface area contributed by atoms with Crippen LogP contribution in [0.5, 0.6) is 0 Å². The average Bonchev–Trinajstić information content (AvgIpc) is 3.24. The molecule has 3 aromatic heterocycles. The Labute approximate surface area is 220 Å². The largest absolute Gasteiger partial charge is 0.436 e. The van der Waals surface area contributed by atoms with E-state index in [2.05, 4.69) is 32.5 Å². The molecule has 1 aliphatic rings. The molecule has 1 saturated carbocycles. The SMILES string of the molecule is C=C/C(=C\C(=C(C)C)c1cnc(-c2ccc3c(cnn3CC(C)(C)O)c2)o1)c1noc(C2CC2)n1.NC=O. The maximum Gasteiger partial charge on any atom is 0.230 e. The number of aliphatic hydroxyl groups is 1. The van der Waals surface area contributed by atoms with Gasteiger partial charge in [0, 0.05) is 28.0 Å². The molecule has 0 aliphatic heterocycles. The minimum Gasteiger partial charge on any atom is -0.436 e. The van der Waals surface area contributed by atoms with E-state index in [9.17, 15) is 5.11 Å². The van der Waals surface area contributed by atoms with Crippen LogP contribution in [0.25, 0.3) is 33.5 Å². The third kappa shape index (κ3) is 6.15. The predicted molar refractivity (Wildman–Crippen MR) is 144 cm³/mol. The van der Waals surface area contributed by atoms with Crippen LogP contribution in [0.4, 0.5) is 0 Å². The van der Waals surface area contributed by atoms with Crippen molar-refractivity contribution in [3.63, 3.8) is 0 Å². The Kier molecular flexibility index (Phi) is 7.72. The molecule has 0 unspecified atom stereocenters. The van der Waals surface area contributed by atoms with Crippen molar-refractivity contribution in [2.45, 2.75) is 58.6 Å². The lowest BCUT2D eigenvalue weighted by molar-refractivity contribution is -0.106. The highest BCUT2D eigenvalue weighted by molar-refractivity contribution is 5.86. The Hall–Kier alpha value is -4.31. The lowest BCUT2D eigenvalue weighted by atomic mass is 10.0. The van der Waals surface area contributed by atoms with Crippen molar-refractivity contribution >= 4 is 28.5 Å². The van der Waals surface area contributed by atoms with Gasteiger partial charge in [-0.3, -0.25) is 9.48 Å². The Bertz CT molecular complexity index is 1510. The van der Waals surface area contributed by atoms with Gasteiger partial charge in [0.1, 0.15) is 0 Å². The molecule has 5 rings (SSSR count). The first kappa shape index (κ1) is 26.7. The third-order valence-electron chi connectivity index (χ3n) is 5.88. The lowest BCUT2D eigenvalue weighted by Crippen LogP contribution is -2.26. The van der Waals surface area contributed by atoms with E-state index in [1.165, 1.54) is 0 Å². The topological polar surface area (TPSA) is 146 Å². The van der Waals surface area contributed by atoms with Gasteiger partial charge < -0.3 is 19.8 Å². The zero-order valence-corrected chi connectivity index (χ0v) is 22.0. The molecule has 1 fully saturated rings. The first-order valence-corrected chi connectivity index (χ1v) is 12.3. The summed E-state index contributed by atoms with van der Waals surface area (Å²) in [6.45, 7) is 11.9. The highest BCUT2D eigenvalue weighted by Crippen LogP contribution is 2.39. The van der Waals surface area contributed by atoms with Crippen molar-refractivity contribution in [1.82, 2.24) is 24.9 Å². The van der Waals surface area contributed by atoms with Gasteiger partial charge in [0.2, 0.25) is 24.0 Å². The number of fused-ring (bicyclic) bond motifs is 1. The van der Waals surface area contributed by atoms with Crippen molar-refractivity contribution in [2.24, 2.45) is 5.73 Å². The summed E-state index contributed by atoms with van der Waals surface area (Å²) in [5.41, 5.74) is 7.80. The molecule has 38 heavy (non-hydrogen) atoms. The molecule has 1 aliphatic carbocycles. The first-order valence-electron chi connectivity index (χ1n) is 12.3. The Morgan fingerprint density at radius 1 is 1.29 bits per heavy atom. The summed E-state index contributed by atoms with van der Waals surface area (Å²) in [4.78, 5) is 17.7. The standard InChI is InChI=1S/C27H29N5O3.CH3NO/c1-6-17(24-30-26(35-31-24)18-7-8-18)12-21(16(2)3)23-14-28-25(34-23)19-9-10-22-20(11-19)13-29-32(22)15-27(4,5)33;2-1-3/h6,9-14,18,33H,1,7-8,15H2,2-5H3;1H,(H2,2,3)/b17-12+;. The summed E-state index contributed by atoms with van der Waals surface area (Å²) in [5.74, 6) is 2.76. The van der Waals surface area contributed by atoms with Crippen molar-refractivity contribution in [2.75, 3.05) is 0 Å². The van der Waals surface area contributed by atoms with Gasteiger partial charge in [-0.1, -0.05) is 23.4 Å². The van der Waals surface area contributed by atoms with Crippen LogP contribution in [-0.2, 0) is 11.3 Å². The normalized spacial score (nSPS) is 13.7. The smallest absolute Gasteiger partial charge is 0.230 e. The number of aromatic nitrogens is 5. The number of oxazole rings is 1. The highest BCUT2D eigenvalue weighted by Gasteiger charge is 2.30. The van der Waals surface area contributed by atoms with Crippen molar-refractivity contribution < 1.29 is 18.8 Å². The molecule has 0 spiro atoms. The van der Waals surface area contributed by atoms with Crippen LogP contribution in [0.1, 0.15) is 63.9 Å². The molecule has 198 valence electrons. The average molecular weight is 517 g/mol. The van der Waals surface area contributed by atoms with Crippen LogP contribution in [0.3, 0.4) is 0 Å². The summed E-state index contributed by atoms with van der Waals surface area (Å²) < 4.78 is 13.4. The molecule has 0 atom stereocenters. The molecule has 3 N–H and O–H groups in total. The molecule has 0 bridgehead atoms. The fourth-order valence-corrected chi connectivity index (χ4v) is 3.93. The molecule has 1 amide bonds. The number of hydrogen-bond donors (Lipinski definition) is 2. The number of rotatable bonds is 8. The maximum atomic E-state index is 10.1. The van der Waals surface area contributed by atoms with Gasteiger partial charge in [0.05, 0.1) is 30.1 Å². The Morgan fingerprint density at radius 3 is 2.66 bits per heavy atom. The second-order valence-corrected chi connectivity index (χ2v) is 10.0. The number of amides is 1. The summed E-state index contributed by atoms with van der Waals surface area (Å²) in [6, 6.07) is 5.91. The van der Waals surface area contributed by atoms with Gasteiger partial charge in [-0.2, -0.15) is 10.1 Å². The van der Waals surface area contributed by atoms with Gasteiger partial charge in [-0.25, -0.2) is 4.98 Å². The number of hydrogen-bond acceptors (Lipinski definition) is 8. The minimum atomic E-state index is -0.853. The van der Waals surface area contributed by atoms with Crippen LogP contribution >= 0.6 is 0 Å². The first-order chi connectivity index (χ1) is 18.1. The fourth-order valence-electron chi connectivity index (χ4n) is 3.93. The predicted octanol–water partition coefficient (Wildman–Crippen LogP) is 4.89. The fraction of sp³-hybridized carbons (Fsp3) is 0.321. The second-order valence-electron chi connectivity index (χ2n) is 10.0. The quantitative estimate of drug-likeness (QED) is 0.249. The van der Waals surface area contributed by atoms with Crippen LogP contribution in [-0.4, -0.2) is 42.0 Å². The van der Waals surface area contributed by atoms with Crippen molar-refractivity contribution in [3.8, 4) is 11.5 Å². The number of nitrogens with two attached hydrogens (primary N) is 1. The van der Waals surface area contributed by atoms with E-state index in [1.54, 1.807) is 37.0 Å². The van der Waals surface area contributed by atoms with Gasteiger partial charge in [-0.15, -0.1) is 0 Å². The highest BCUT2D eigenvalue weighted by atomic mass is 16.5. The molecule has 3 heterocycles. The summed E-state index contributed by atoms with van der Waals surface area (Å²) in [7, 11) is 0. The zero-order valence-electron chi connectivity index (χ0n) is 22.0. The monoisotopic (exact) mass is 516 g/mol. The molecule has 4 aromatic rings. The number of benzene rings is 1. The van der Waals surface area contributed by atoms with Crippen LogP contribution in [0.2, 0.25) is 0 Å². The molecule has 10 nitrogen and oxygen atoms in total. The number of allylic oxidation sites excluding steroid dienone is 5. The van der Waals surface area contributed by atoms with Crippen LogP contribution in [0.15, 0.2) is 63.8 Å². The molecule has 1 aromatic carbocycles. The second kappa shape index (κ2) is 11.0. The van der Waals surface area contributed by atoms with E-state index in [4.69, 9.17) is 13.7 Å². The van der Waals surface area contributed by atoms with E-state index in [1.807, 2.05) is 38.1 Å². The number of carbonyl (C=O) groups is 1. The van der Waals surface area contributed by atoms with Crippen LogP contribution < -0.4 is 5.73 Å². The summed E-state index contributed by atoms with van der Waals surface area (Å²) >= 11 is 0. The minimum absolute atomic E-state index is 0.250. The van der Waals surface area contributed by atoms with E-state index in [0.717, 1.165) is 46.0 Å². The van der Waals surface area contributed by atoms with Gasteiger partial charge in [0.15, 0.2) is 5.76 Å². The van der Waals surface area contributed by atoms with Crippen molar-refractivity contribution in [3.05, 3.63) is 72.4 Å². The zero-order chi connectivity index (χ0) is 27.4. The third-order valence-corrected chi connectivity index (χ3v) is 5.88. The van der Waals surface area contributed by atoms with E-state index >= 15 is 0 Å². The van der Waals surface area contributed by atoms with E-state index in [0.29, 0.717) is 35.8 Å². The van der Waals surface area contributed by atoms with E-state index < -0.39 is 5.60 Å². The molecule has 0 radical (unpaired) electrons. The number of primary amides is 1. The molecule has 0 saturated heterocycles. The van der Waals surface area contributed by atoms with E-state index in [-0.39, 0.29) is 6.41 Å². The Morgan fingerprint density at radius 2 is 2.03 bits per heavy atom. The van der Waals surface area contributed by atoms with Crippen LogP contribution in [0, 0.1) is 0 Å². The number of nitrogens with zero attached hydrogens (tertiary/aromatic N) is 5. The summed E-state index contributed by atoms with van der Waals surface area (Å²) in [5, 5.41) is 19.7.